The van der Waals surface area contributed by atoms with Crippen molar-refractivity contribution in [2.75, 3.05) is 19.0 Å². The minimum atomic E-state index is -0.961. The second kappa shape index (κ2) is 7.53. The van der Waals surface area contributed by atoms with Gasteiger partial charge < -0.3 is 20.5 Å². The first-order valence-corrected chi connectivity index (χ1v) is 7.25. The van der Waals surface area contributed by atoms with Gasteiger partial charge in [0, 0.05) is 14.1 Å². The second-order valence-electron chi connectivity index (χ2n) is 6.27. The molecule has 0 aliphatic heterocycles. The van der Waals surface area contributed by atoms with Crippen molar-refractivity contribution >= 4 is 29.3 Å². The Kier molecular flexibility index (Phi) is 5.95. The van der Waals surface area contributed by atoms with Crippen molar-refractivity contribution in [3.05, 3.63) is 29.1 Å². The summed E-state index contributed by atoms with van der Waals surface area (Å²) in [4.78, 5) is 32.3. The van der Waals surface area contributed by atoms with Gasteiger partial charge in [-0.2, -0.15) is 0 Å². The maximum Gasteiger partial charge on any atom is 0.437 e. The molecule has 25 heavy (non-hydrogen) atoms. The van der Waals surface area contributed by atoms with E-state index in [0.717, 1.165) is 0 Å². The number of phenolic OH excluding ortho intramolecular Hbond substituents is 1. The summed E-state index contributed by atoms with van der Waals surface area (Å²) in [7, 11) is 3.25. The predicted octanol–water partition coefficient (Wildman–Crippen LogP) is 1.99. The molecule has 4 N–H and O–H groups in total. The van der Waals surface area contributed by atoms with E-state index in [-0.39, 0.29) is 22.7 Å². The van der Waals surface area contributed by atoms with Gasteiger partial charge in [-0.15, -0.1) is 4.99 Å². The lowest BCUT2D eigenvalue weighted by Gasteiger charge is -2.20. The maximum absolute atomic E-state index is 12.4. The third-order valence-electron chi connectivity index (χ3n) is 2.78. The van der Waals surface area contributed by atoms with E-state index in [4.69, 9.17) is 17.0 Å². The summed E-state index contributed by atoms with van der Waals surface area (Å²) >= 11 is 0. The third kappa shape index (κ3) is 5.39. The molecule has 0 heterocycles. The number of carbonyl (C=O) groups is 2. The number of guanidine groups is 1. The van der Waals surface area contributed by atoms with Gasteiger partial charge in [0.05, 0.1) is 17.8 Å². The van der Waals surface area contributed by atoms with Gasteiger partial charge in [-0.3, -0.25) is 10.1 Å². The molecule has 0 radical (unpaired) electrons. The monoisotopic (exact) mass is 347 g/mol. The van der Waals surface area contributed by atoms with E-state index >= 15 is 0 Å². The number of ether oxygens (including phenoxy) is 1. The number of rotatable bonds is 2. The Morgan fingerprint density at radius 1 is 1.36 bits per heavy atom. The van der Waals surface area contributed by atoms with Gasteiger partial charge in [0.25, 0.3) is 5.91 Å². The van der Waals surface area contributed by atoms with Crippen LogP contribution in [0.3, 0.4) is 0 Å². The molecular weight excluding hydrogens is 326 g/mol. The number of carbonyl (C=O) groups excluding carboxylic acids is 2. The smallest absolute Gasteiger partial charge is 0.437 e. The fourth-order valence-corrected chi connectivity index (χ4v) is 1.93. The fourth-order valence-electron chi connectivity index (χ4n) is 1.93. The minimum Gasteiger partial charge on any atom is -0.507 e. The van der Waals surface area contributed by atoms with Gasteiger partial charge >= 0.3 is 6.09 Å². The lowest BCUT2D eigenvalue weighted by Crippen LogP contribution is -2.38. The SMILES string of the molecule is [C-]#[N+]c1ccc(O)c(C(=O)NC(N)=NC(=O)OC(C)(C)C)c1N(C)C. The van der Waals surface area contributed by atoms with E-state index in [1.807, 2.05) is 0 Å². The summed E-state index contributed by atoms with van der Waals surface area (Å²) in [5, 5.41) is 12.2. The van der Waals surface area contributed by atoms with E-state index in [1.54, 1.807) is 34.9 Å². The van der Waals surface area contributed by atoms with Crippen LogP contribution in [-0.4, -0.2) is 42.8 Å². The molecule has 2 amide bonds. The van der Waals surface area contributed by atoms with E-state index < -0.39 is 23.6 Å². The van der Waals surface area contributed by atoms with Gasteiger partial charge in [-0.1, -0.05) is 6.07 Å². The van der Waals surface area contributed by atoms with Crippen LogP contribution >= 0.6 is 0 Å². The second-order valence-corrected chi connectivity index (χ2v) is 6.27. The summed E-state index contributed by atoms with van der Waals surface area (Å²) in [6, 6.07) is 2.63. The number of nitrogens with two attached hydrogens (primary N) is 1. The van der Waals surface area contributed by atoms with Crippen molar-refractivity contribution < 1.29 is 19.4 Å². The van der Waals surface area contributed by atoms with Gasteiger partial charge in [0.15, 0.2) is 0 Å². The molecule has 0 unspecified atom stereocenters. The van der Waals surface area contributed by atoms with E-state index in [2.05, 4.69) is 15.2 Å². The minimum absolute atomic E-state index is 0.152. The molecule has 1 rings (SSSR count). The summed E-state index contributed by atoms with van der Waals surface area (Å²) < 4.78 is 4.96. The van der Waals surface area contributed by atoms with Gasteiger partial charge in [0.2, 0.25) is 11.6 Å². The number of nitrogens with one attached hydrogen (secondary N) is 1. The number of phenols is 1. The number of anilines is 1. The molecule has 9 nitrogen and oxygen atoms in total. The van der Waals surface area contributed by atoms with E-state index in [9.17, 15) is 14.7 Å². The van der Waals surface area contributed by atoms with Crippen molar-refractivity contribution in [2.45, 2.75) is 26.4 Å². The quantitative estimate of drug-likeness (QED) is 0.427. The van der Waals surface area contributed by atoms with Crippen LogP contribution in [0, 0.1) is 6.57 Å². The number of hydrogen-bond donors (Lipinski definition) is 3. The van der Waals surface area contributed by atoms with E-state index in [0.29, 0.717) is 0 Å². The first-order valence-electron chi connectivity index (χ1n) is 7.25. The molecule has 0 saturated carbocycles. The first kappa shape index (κ1) is 19.8. The van der Waals surface area contributed by atoms with Crippen molar-refractivity contribution in [3.63, 3.8) is 0 Å². The molecule has 134 valence electrons. The zero-order valence-corrected chi connectivity index (χ0v) is 14.7. The molecule has 0 atom stereocenters. The Labute approximate surface area is 145 Å². The Morgan fingerprint density at radius 3 is 2.44 bits per heavy atom. The lowest BCUT2D eigenvalue weighted by molar-refractivity contribution is 0.0604. The Hall–Kier alpha value is -3.28. The van der Waals surface area contributed by atoms with Gasteiger partial charge in [-0.05, 0) is 26.8 Å². The predicted molar refractivity (Wildman–Crippen MR) is 94.0 cm³/mol. The van der Waals surface area contributed by atoms with Crippen LogP contribution in [0.4, 0.5) is 16.2 Å². The number of hydrogen-bond acceptors (Lipinski definition) is 5. The molecule has 0 aliphatic carbocycles. The van der Waals surface area contributed by atoms with Gasteiger partial charge in [-0.25, -0.2) is 9.64 Å². The molecular formula is C16H21N5O4. The fraction of sp³-hybridized carbons (Fsp3) is 0.375. The zero-order chi connectivity index (χ0) is 19.4. The van der Waals surface area contributed by atoms with Crippen LogP contribution in [0.5, 0.6) is 5.75 Å². The van der Waals surface area contributed by atoms with Crippen LogP contribution in [0.15, 0.2) is 17.1 Å². The molecule has 0 aromatic heterocycles. The van der Waals surface area contributed by atoms with Crippen LogP contribution in [0.25, 0.3) is 4.85 Å². The highest BCUT2D eigenvalue weighted by molar-refractivity contribution is 6.12. The Bertz CT molecular complexity index is 757. The molecule has 0 fully saturated rings. The largest absolute Gasteiger partial charge is 0.507 e. The van der Waals surface area contributed by atoms with Crippen molar-refractivity contribution in [3.8, 4) is 5.75 Å². The van der Waals surface area contributed by atoms with Crippen LogP contribution in [0.2, 0.25) is 0 Å². The van der Waals surface area contributed by atoms with Crippen molar-refractivity contribution in [1.29, 1.82) is 0 Å². The molecule has 0 saturated heterocycles. The van der Waals surface area contributed by atoms with Crippen LogP contribution in [-0.2, 0) is 4.74 Å². The molecule has 9 heteroatoms. The topological polar surface area (TPSA) is 122 Å². The van der Waals surface area contributed by atoms with E-state index in [1.165, 1.54) is 17.0 Å². The highest BCUT2D eigenvalue weighted by Gasteiger charge is 2.22. The highest BCUT2D eigenvalue weighted by atomic mass is 16.6. The molecule has 0 aliphatic rings. The van der Waals surface area contributed by atoms with Crippen LogP contribution in [0.1, 0.15) is 31.1 Å². The highest BCUT2D eigenvalue weighted by Crippen LogP contribution is 2.36. The molecule has 1 aromatic carbocycles. The van der Waals surface area contributed by atoms with Crippen molar-refractivity contribution in [2.24, 2.45) is 10.7 Å². The maximum atomic E-state index is 12.4. The standard InChI is InChI=1S/C16H21N5O4/c1-16(2,3)25-15(24)20-14(17)19-13(23)11-10(22)8-7-9(18-4)12(11)21(5)6/h7-8,22H,1-3,5-6H3,(H3,17,19,20,23,24). The number of aromatic hydroxyl groups is 1. The molecule has 0 spiro atoms. The van der Waals surface area contributed by atoms with Crippen molar-refractivity contribution in [1.82, 2.24) is 5.32 Å². The number of aliphatic imine (C=N–C) groups is 1. The first-order chi connectivity index (χ1) is 11.5. The normalized spacial score (nSPS) is 11.4. The molecule has 1 aromatic rings. The number of amides is 2. The number of benzene rings is 1. The third-order valence-corrected chi connectivity index (χ3v) is 2.78. The lowest BCUT2D eigenvalue weighted by atomic mass is 10.1. The van der Waals surface area contributed by atoms with Gasteiger partial charge in [0.1, 0.15) is 11.4 Å². The van der Waals surface area contributed by atoms with Crippen LogP contribution < -0.4 is 16.0 Å². The summed E-state index contributed by atoms with van der Waals surface area (Å²) in [5.41, 5.74) is 5.03. The molecule has 0 bridgehead atoms. The summed E-state index contributed by atoms with van der Waals surface area (Å²) in [5.74, 6) is -1.63. The number of nitrogens with zero attached hydrogens (tertiary/aromatic N) is 3. The Balaban J connectivity index is 3.13. The zero-order valence-electron chi connectivity index (χ0n) is 14.7. The average molecular weight is 347 g/mol. The average Bonchev–Trinajstić information content (AvgIpc) is 2.43. The Morgan fingerprint density at radius 2 is 1.96 bits per heavy atom. The summed E-state index contributed by atoms with van der Waals surface area (Å²) in [6.07, 6.45) is -0.961. The summed E-state index contributed by atoms with van der Waals surface area (Å²) in [6.45, 7) is 12.2.